The number of benzene rings is 1. The van der Waals surface area contributed by atoms with Crippen molar-refractivity contribution >= 4 is 0 Å². The van der Waals surface area contributed by atoms with E-state index in [4.69, 9.17) is 10.5 Å². The third-order valence-electron chi connectivity index (χ3n) is 3.38. The molecule has 3 heteroatoms. The van der Waals surface area contributed by atoms with Crippen LogP contribution in [-0.4, -0.2) is 11.6 Å². The van der Waals surface area contributed by atoms with Crippen molar-refractivity contribution in [3.8, 4) is 5.75 Å². The van der Waals surface area contributed by atoms with Crippen molar-refractivity contribution in [1.82, 2.24) is 4.98 Å². The van der Waals surface area contributed by atoms with Crippen LogP contribution in [0.15, 0.2) is 48.8 Å². The number of hydrogen-bond acceptors (Lipinski definition) is 3. The lowest BCUT2D eigenvalue weighted by Gasteiger charge is -2.15. The molecule has 1 atom stereocenters. The van der Waals surface area contributed by atoms with Gasteiger partial charge < -0.3 is 10.5 Å². The number of pyridine rings is 1. The van der Waals surface area contributed by atoms with E-state index in [1.54, 1.807) is 0 Å². The van der Waals surface area contributed by atoms with Crippen LogP contribution in [0.4, 0.5) is 0 Å². The van der Waals surface area contributed by atoms with Crippen molar-refractivity contribution in [3.05, 3.63) is 59.9 Å². The summed E-state index contributed by atoms with van der Waals surface area (Å²) in [6.07, 6.45) is 6.55. The van der Waals surface area contributed by atoms with Crippen LogP contribution in [0.2, 0.25) is 0 Å². The van der Waals surface area contributed by atoms with E-state index in [1.807, 2.05) is 48.8 Å². The van der Waals surface area contributed by atoms with Crippen molar-refractivity contribution in [3.63, 3.8) is 0 Å². The molecule has 106 valence electrons. The highest BCUT2D eigenvalue weighted by molar-refractivity contribution is 5.35. The molecule has 0 saturated carbocycles. The number of nitrogens with two attached hydrogens (primary N) is 1. The summed E-state index contributed by atoms with van der Waals surface area (Å²) >= 11 is 0. The van der Waals surface area contributed by atoms with Crippen molar-refractivity contribution in [2.75, 3.05) is 6.61 Å². The molecule has 0 saturated heterocycles. The van der Waals surface area contributed by atoms with Gasteiger partial charge in [0.1, 0.15) is 5.75 Å². The van der Waals surface area contributed by atoms with E-state index in [0.29, 0.717) is 6.61 Å². The minimum atomic E-state index is 0.0476. The number of para-hydroxylation sites is 1. The molecule has 1 unspecified atom stereocenters. The monoisotopic (exact) mass is 270 g/mol. The van der Waals surface area contributed by atoms with Crippen LogP contribution in [0.1, 0.15) is 36.9 Å². The summed E-state index contributed by atoms with van der Waals surface area (Å²) in [6.45, 7) is 2.79. The Balaban J connectivity index is 1.85. The average Bonchev–Trinajstić information content (AvgIpc) is 2.52. The van der Waals surface area contributed by atoms with Gasteiger partial charge in [-0.05, 0) is 43.0 Å². The Morgan fingerprint density at radius 2 is 1.90 bits per heavy atom. The highest BCUT2D eigenvalue weighted by atomic mass is 16.5. The Bertz CT molecular complexity index is 513. The molecule has 0 aliphatic carbocycles. The summed E-state index contributed by atoms with van der Waals surface area (Å²) in [6, 6.07) is 12.2. The van der Waals surface area contributed by atoms with Gasteiger partial charge in [0, 0.05) is 24.0 Å². The van der Waals surface area contributed by atoms with Crippen LogP contribution in [-0.2, 0) is 6.42 Å². The van der Waals surface area contributed by atoms with Crippen molar-refractivity contribution in [1.29, 1.82) is 0 Å². The fourth-order valence-corrected chi connectivity index (χ4v) is 2.15. The molecule has 1 heterocycles. The van der Waals surface area contributed by atoms with Crippen LogP contribution in [0.5, 0.6) is 5.75 Å². The molecule has 0 amide bonds. The summed E-state index contributed by atoms with van der Waals surface area (Å²) in [5, 5.41) is 0. The Labute approximate surface area is 120 Å². The second-order valence-electron chi connectivity index (χ2n) is 4.86. The number of aryl methyl sites for hydroxylation is 1. The van der Waals surface area contributed by atoms with Gasteiger partial charge in [0.25, 0.3) is 0 Å². The van der Waals surface area contributed by atoms with Gasteiger partial charge in [-0.15, -0.1) is 0 Å². The van der Waals surface area contributed by atoms with Gasteiger partial charge >= 0.3 is 0 Å². The van der Waals surface area contributed by atoms with E-state index in [2.05, 4.69) is 11.9 Å². The maximum absolute atomic E-state index is 6.10. The zero-order chi connectivity index (χ0) is 14.2. The molecule has 0 radical (unpaired) electrons. The summed E-state index contributed by atoms with van der Waals surface area (Å²) in [7, 11) is 0. The number of aromatic nitrogens is 1. The summed E-state index contributed by atoms with van der Waals surface area (Å²) < 4.78 is 5.89. The third-order valence-corrected chi connectivity index (χ3v) is 3.38. The minimum absolute atomic E-state index is 0.0476. The second-order valence-corrected chi connectivity index (χ2v) is 4.86. The molecular weight excluding hydrogens is 248 g/mol. The predicted octanol–water partition coefficient (Wildman–Crippen LogP) is 3.50. The van der Waals surface area contributed by atoms with Crippen LogP contribution >= 0.6 is 0 Å². The largest absolute Gasteiger partial charge is 0.493 e. The average molecular weight is 270 g/mol. The van der Waals surface area contributed by atoms with E-state index in [0.717, 1.165) is 30.6 Å². The molecule has 2 N–H and O–H groups in total. The number of rotatable bonds is 7. The zero-order valence-corrected chi connectivity index (χ0v) is 12.0. The van der Waals surface area contributed by atoms with Gasteiger partial charge in [0.15, 0.2) is 0 Å². The first-order chi connectivity index (χ1) is 9.81. The first-order valence-corrected chi connectivity index (χ1v) is 7.17. The van der Waals surface area contributed by atoms with Crippen molar-refractivity contribution in [2.45, 2.75) is 32.2 Å². The molecule has 0 fully saturated rings. The van der Waals surface area contributed by atoms with E-state index < -0.39 is 0 Å². The first-order valence-electron chi connectivity index (χ1n) is 7.17. The molecular formula is C17H22N2O. The van der Waals surface area contributed by atoms with E-state index in [9.17, 15) is 0 Å². The molecule has 20 heavy (non-hydrogen) atoms. The van der Waals surface area contributed by atoms with Crippen molar-refractivity contribution in [2.24, 2.45) is 5.73 Å². The third kappa shape index (κ3) is 4.07. The lowest BCUT2D eigenvalue weighted by atomic mass is 10.0. The number of ether oxygens (including phenoxy) is 1. The van der Waals surface area contributed by atoms with Crippen molar-refractivity contribution < 1.29 is 4.74 Å². The molecule has 0 spiro atoms. The Hall–Kier alpha value is -1.87. The molecule has 2 rings (SSSR count). The molecule has 1 aromatic carbocycles. The van der Waals surface area contributed by atoms with E-state index in [-0.39, 0.29) is 6.04 Å². The summed E-state index contributed by atoms with van der Waals surface area (Å²) in [4.78, 5) is 4.02. The van der Waals surface area contributed by atoms with Crippen LogP contribution < -0.4 is 10.5 Å². The first kappa shape index (κ1) is 14.5. The second kappa shape index (κ2) is 7.65. The Morgan fingerprint density at radius 1 is 1.15 bits per heavy atom. The van der Waals surface area contributed by atoms with Gasteiger partial charge in [-0.2, -0.15) is 0 Å². The van der Waals surface area contributed by atoms with Crippen LogP contribution in [0, 0.1) is 0 Å². The van der Waals surface area contributed by atoms with Gasteiger partial charge in [-0.25, -0.2) is 0 Å². The standard InChI is InChI=1S/C17H22N2O/c1-2-16(18)15-7-3-4-8-17(15)20-13-5-6-14-9-11-19-12-10-14/h3-4,7-12,16H,2,5-6,13,18H2,1H3. The van der Waals surface area contributed by atoms with Gasteiger partial charge in [0.2, 0.25) is 0 Å². The fourth-order valence-electron chi connectivity index (χ4n) is 2.15. The topological polar surface area (TPSA) is 48.1 Å². The fraction of sp³-hybridized carbons (Fsp3) is 0.353. The normalized spacial score (nSPS) is 12.1. The van der Waals surface area contributed by atoms with Gasteiger partial charge in [-0.3, -0.25) is 4.98 Å². The number of hydrogen-bond donors (Lipinski definition) is 1. The molecule has 0 bridgehead atoms. The lowest BCUT2D eigenvalue weighted by molar-refractivity contribution is 0.305. The predicted molar refractivity (Wildman–Crippen MR) is 81.7 cm³/mol. The maximum atomic E-state index is 6.10. The smallest absolute Gasteiger partial charge is 0.124 e. The van der Waals surface area contributed by atoms with Gasteiger partial charge in [-0.1, -0.05) is 25.1 Å². The van der Waals surface area contributed by atoms with Gasteiger partial charge in [0.05, 0.1) is 6.61 Å². The molecule has 0 aliphatic heterocycles. The minimum Gasteiger partial charge on any atom is -0.493 e. The summed E-state index contributed by atoms with van der Waals surface area (Å²) in [5.41, 5.74) is 8.49. The Morgan fingerprint density at radius 3 is 2.65 bits per heavy atom. The Kier molecular flexibility index (Phi) is 5.56. The van der Waals surface area contributed by atoms with Crippen LogP contribution in [0.3, 0.4) is 0 Å². The quantitative estimate of drug-likeness (QED) is 0.783. The van der Waals surface area contributed by atoms with E-state index in [1.165, 1.54) is 5.56 Å². The maximum Gasteiger partial charge on any atom is 0.124 e. The zero-order valence-electron chi connectivity index (χ0n) is 12.0. The lowest BCUT2D eigenvalue weighted by Crippen LogP contribution is -2.11. The summed E-state index contributed by atoms with van der Waals surface area (Å²) in [5.74, 6) is 0.913. The SMILES string of the molecule is CCC(N)c1ccccc1OCCCc1ccncc1. The molecule has 3 nitrogen and oxygen atoms in total. The number of nitrogens with zero attached hydrogens (tertiary/aromatic N) is 1. The molecule has 2 aromatic rings. The highest BCUT2D eigenvalue weighted by Crippen LogP contribution is 2.25. The van der Waals surface area contributed by atoms with E-state index >= 15 is 0 Å². The molecule has 1 aromatic heterocycles. The van der Waals surface area contributed by atoms with Crippen LogP contribution in [0.25, 0.3) is 0 Å². The highest BCUT2D eigenvalue weighted by Gasteiger charge is 2.09. The molecule has 0 aliphatic rings.